The fourth-order valence-electron chi connectivity index (χ4n) is 1.41. The maximum atomic E-state index is 4.26. The molecule has 0 spiro atoms. The summed E-state index contributed by atoms with van der Waals surface area (Å²) >= 11 is 0. The fraction of sp³-hybridized carbons (Fsp3) is 0.583. The molecule has 1 rings (SSSR count). The van der Waals surface area contributed by atoms with Gasteiger partial charge in [0.25, 0.3) is 0 Å². The fourth-order valence-corrected chi connectivity index (χ4v) is 1.41. The van der Waals surface area contributed by atoms with E-state index >= 15 is 0 Å². The first-order chi connectivity index (χ1) is 7.63. The van der Waals surface area contributed by atoms with Crippen molar-refractivity contribution >= 4 is 11.5 Å². The lowest BCUT2D eigenvalue weighted by Crippen LogP contribution is -2.28. The number of anilines is 2. The first-order valence-corrected chi connectivity index (χ1v) is 5.69. The van der Waals surface area contributed by atoms with Gasteiger partial charge in [-0.2, -0.15) is 0 Å². The average molecular weight is 222 g/mol. The third-order valence-electron chi connectivity index (χ3n) is 2.42. The first-order valence-electron chi connectivity index (χ1n) is 5.69. The number of pyridine rings is 1. The summed E-state index contributed by atoms with van der Waals surface area (Å²) in [5, 5.41) is 3.22. The third-order valence-corrected chi connectivity index (χ3v) is 2.42. The molecule has 0 atom stereocenters. The Bertz CT molecular complexity index is 312. The van der Waals surface area contributed by atoms with Crippen molar-refractivity contribution in [1.29, 1.82) is 0 Å². The van der Waals surface area contributed by atoms with Crippen molar-refractivity contribution in [2.45, 2.75) is 6.92 Å². The molecule has 1 aromatic heterocycles. The van der Waals surface area contributed by atoms with Crippen LogP contribution in [0.15, 0.2) is 18.3 Å². The predicted molar refractivity (Wildman–Crippen MR) is 70.2 cm³/mol. The molecule has 0 saturated carbocycles. The van der Waals surface area contributed by atoms with Crippen molar-refractivity contribution in [1.82, 2.24) is 9.88 Å². The molecule has 1 heterocycles. The molecule has 4 heteroatoms. The minimum absolute atomic E-state index is 0.901. The van der Waals surface area contributed by atoms with E-state index < -0.39 is 0 Å². The second-order valence-electron chi connectivity index (χ2n) is 4.15. The molecule has 0 radical (unpaired) electrons. The minimum atomic E-state index is 0.901. The number of hydrogen-bond donors (Lipinski definition) is 1. The third kappa shape index (κ3) is 4.06. The molecule has 0 saturated heterocycles. The Morgan fingerprint density at radius 2 is 2.00 bits per heavy atom. The molecule has 0 unspecified atom stereocenters. The predicted octanol–water partition coefficient (Wildman–Crippen LogP) is 1.51. The topological polar surface area (TPSA) is 31.4 Å². The number of hydrogen-bond acceptors (Lipinski definition) is 4. The van der Waals surface area contributed by atoms with Gasteiger partial charge in [-0.1, -0.05) is 0 Å². The van der Waals surface area contributed by atoms with E-state index in [4.69, 9.17) is 0 Å². The summed E-state index contributed by atoms with van der Waals surface area (Å²) in [6, 6.07) is 4.12. The van der Waals surface area contributed by atoms with E-state index in [2.05, 4.69) is 54.2 Å². The van der Waals surface area contributed by atoms with Gasteiger partial charge in [-0.15, -0.1) is 0 Å². The zero-order valence-corrected chi connectivity index (χ0v) is 10.7. The van der Waals surface area contributed by atoms with Crippen LogP contribution in [0.1, 0.15) is 6.92 Å². The van der Waals surface area contributed by atoms with Gasteiger partial charge < -0.3 is 15.1 Å². The standard InChI is InChI=1S/C12H22N4/c1-5-13-12-10-11(6-7-14-12)16(4)9-8-15(2)3/h6-7,10H,5,8-9H2,1-4H3,(H,13,14). The Hall–Kier alpha value is -1.29. The van der Waals surface area contributed by atoms with E-state index in [1.165, 1.54) is 5.69 Å². The monoisotopic (exact) mass is 222 g/mol. The SMILES string of the molecule is CCNc1cc(N(C)CCN(C)C)ccn1. The largest absolute Gasteiger partial charge is 0.373 e. The van der Waals surface area contributed by atoms with Crippen molar-refractivity contribution in [3.05, 3.63) is 18.3 Å². The van der Waals surface area contributed by atoms with Gasteiger partial charge >= 0.3 is 0 Å². The quantitative estimate of drug-likeness (QED) is 0.790. The lowest BCUT2D eigenvalue weighted by Gasteiger charge is -2.21. The molecular formula is C12H22N4. The van der Waals surface area contributed by atoms with Crippen LogP contribution in [0.25, 0.3) is 0 Å². The van der Waals surface area contributed by atoms with E-state index in [0.29, 0.717) is 0 Å². The number of rotatable bonds is 6. The summed E-state index contributed by atoms with van der Waals surface area (Å²) < 4.78 is 0. The van der Waals surface area contributed by atoms with Crippen LogP contribution in [0.2, 0.25) is 0 Å². The van der Waals surface area contributed by atoms with Gasteiger partial charge in [-0.25, -0.2) is 4.98 Å². The van der Waals surface area contributed by atoms with Crippen LogP contribution in [0.4, 0.5) is 11.5 Å². The van der Waals surface area contributed by atoms with Crippen molar-refractivity contribution in [3.8, 4) is 0 Å². The van der Waals surface area contributed by atoms with Gasteiger partial charge in [0.1, 0.15) is 5.82 Å². The Kier molecular flexibility index (Phi) is 5.05. The van der Waals surface area contributed by atoms with Crippen molar-refractivity contribution in [3.63, 3.8) is 0 Å². The molecule has 0 bridgehead atoms. The zero-order chi connectivity index (χ0) is 12.0. The van der Waals surface area contributed by atoms with E-state index in [1.807, 2.05) is 12.3 Å². The first kappa shape index (κ1) is 12.8. The summed E-state index contributed by atoms with van der Waals surface area (Å²) in [7, 11) is 6.28. The van der Waals surface area contributed by atoms with Gasteiger partial charge in [0, 0.05) is 44.6 Å². The highest BCUT2D eigenvalue weighted by atomic mass is 15.2. The highest BCUT2D eigenvalue weighted by Crippen LogP contribution is 2.15. The van der Waals surface area contributed by atoms with E-state index in [0.717, 1.165) is 25.5 Å². The molecular weight excluding hydrogens is 200 g/mol. The van der Waals surface area contributed by atoms with Crippen LogP contribution in [0.5, 0.6) is 0 Å². The summed E-state index contributed by atoms with van der Waals surface area (Å²) in [6.45, 7) is 5.04. The van der Waals surface area contributed by atoms with Crippen LogP contribution in [-0.2, 0) is 0 Å². The van der Waals surface area contributed by atoms with Crippen LogP contribution in [-0.4, -0.2) is 50.7 Å². The summed E-state index contributed by atoms with van der Waals surface area (Å²) in [5.41, 5.74) is 1.20. The van der Waals surface area contributed by atoms with E-state index in [1.54, 1.807) is 0 Å². The molecule has 0 amide bonds. The molecule has 0 aliphatic heterocycles. The Morgan fingerprint density at radius 3 is 2.62 bits per heavy atom. The molecule has 4 nitrogen and oxygen atoms in total. The van der Waals surface area contributed by atoms with Crippen molar-refractivity contribution in [2.24, 2.45) is 0 Å². The zero-order valence-electron chi connectivity index (χ0n) is 10.7. The lowest BCUT2D eigenvalue weighted by molar-refractivity contribution is 0.416. The van der Waals surface area contributed by atoms with Gasteiger partial charge in [-0.05, 0) is 27.1 Å². The van der Waals surface area contributed by atoms with Gasteiger partial charge in [0.15, 0.2) is 0 Å². The van der Waals surface area contributed by atoms with Gasteiger partial charge in [-0.3, -0.25) is 0 Å². The molecule has 1 aromatic rings. The summed E-state index contributed by atoms with van der Waals surface area (Å²) in [4.78, 5) is 8.68. The number of nitrogens with one attached hydrogen (secondary N) is 1. The summed E-state index contributed by atoms with van der Waals surface area (Å²) in [5.74, 6) is 0.941. The maximum absolute atomic E-state index is 4.26. The Labute approximate surface area is 98.3 Å². The summed E-state index contributed by atoms with van der Waals surface area (Å²) in [6.07, 6.45) is 1.85. The second kappa shape index (κ2) is 6.33. The Balaban J connectivity index is 2.60. The molecule has 16 heavy (non-hydrogen) atoms. The smallest absolute Gasteiger partial charge is 0.127 e. The molecule has 1 N–H and O–H groups in total. The van der Waals surface area contributed by atoms with Crippen molar-refractivity contribution in [2.75, 3.05) is 51.0 Å². The number of aromatic nitrogens is 1. The lowest BCUT2D eigenvalue weighted by atomic mass is 10.3. The van der Waals surface area contributed by atoms with Gasteiger partial charge in [0.05, 0.1) is 0 Å². The van der Waals surface area contributed by atoms with Crippen molar-refractivity contribution < 1.29 is 0 Å². The molecule has 0 aliphatic carbocycles. The average Bonchev–Trinajstić information content (AvgIpc) is 2.26. The highest BCUT2D eigenvalue weighted by molar-refractivity contribution is 5.53. The van der Waals surface area contributed by atoms with Crippen LogP contribution in [0.3, 0.4) is 0 Å². The van der Waals surface area contributed by atoms with Crippen LogP contribution in [0, 0.1) is 0 Å². The van der Waals surface area contributed by atoms with Crippen LogP contribution >= 0.6 is 0 Å². The number of likely N-dealkylation sites (N-methyl/N-ethyl adjacent to an activating group) is 2. The normalized spacial score (nSPS) is 10.6. The highest BCUT2D eigenvalue weighted by Gasteiger charge is 2.02. The minimum Gasteiger partial charge on any atom is -0.373 e. The van der Waals surface area contributed by atoms with E-state index in [-0.39, 0.29) is 0 Å². The molecule has 0 fully saturated rings. The maximum Gasteiger partial charge on any atom is 0.127 e. The van der Waals surface area contributed by atoms with E-state index in [9.17, 15) is 0 Å². The molecule has 90 valence electrons. The number of nitrogens with zero attached hydrogens (tertiary/aromatic N) is 3. The molecule has 0 aromatic carbocycles. The van der Waals surface area contributed by atoms with Gasteiger partial charge in [0.2, 0.25) is 0 Å². The molecule has 0 aliphatic rings. The Morgan fingerprint density at radius 1 is 1.25 bits per heavy atom. The second-order valence-corrected chi connectivity index (χ2v) is 4.15. The van der Waals surface area contributed by atoms with Crippen LogP contribution < -0.4 is 10.2 Å².